The molecule has 5 nitrogen and oxygen atoms in total. The highest BCUT2D eigenvalue weighted by Crippen LogP contribution is 2.07. The minimum atomic E-state index is 0.365. The van der Waals surface area contributed by atoms with Gasteiger partial charge < -0.3 is 4.98 Å². The van der Waals surface area contributed by atoms with Gasteiger partial charge in [0.05, 0.1) is 5.69 Å². The second kappa shape index (κ2) is 5.09. The van der Waals surface area contributed by atoms with E-state index in [1.807, 2.05) is 19.9 Å². The van der Waals surface area contributed by atoms with E-state index in [0.717, 1.165) is 23.6 Å². The first kappa shape index (κ1) is 10.3. The van der Waals surface area contributed by atoms with Crippen molar-refractivity contribution in [3.8, 4) is 0 Å². The number of azide groups is 1. The Morgan fingerprint density at radius 2 is 2.43 bits per heavy atom. The predicted molar refractivity (Wildman–Crippen MR) is 55.7 cm³/mol. The van der Waals surface area contributed by atoms with Gasteiger partial charge in [0, 0.05) is 23.6 Å². The molecule has 0 saturated heterocycles. The van der Waals surface area contributed by atoms with Gasteiger partial charge in [-0.1, -0.05) is 18.1 Å². The zero-order valence-corrected chi connectivity index (χ0v) is 8.36. The molecule has 1 N–H and O–H groups in total. The Morgan fingerprint density at radius 1 is 1.64 bits per heavy atom. The standard InChI is InChI=1S/C9H13N5/c1-3-9-12-7(2)8(13-9)5-4-6-11-14-10/h4-5H,3,6H2,1-2H3,(H,12,13). The molecule has 0 unspecified atom stereocenters. The number of imidazole rings is 1. The van der Waals surface area contributed by atoms with Crippen LogP contribution in [0.3, 0.4) is 0 Å². The van der Waals surface area contributed by atoms with Gasteiger partial charge in [0.15, 0.2) is 0 Å². The Hall–Kier alpha value is -1.74. The van der Waals surface area contributed by atoms with Gasteiger partial charge in [-0.25, -0.2) is 4.98 Å². The lowest BCUT2D eigenvalue weighted by Crippen LogP contribution is -1.81. The van der Waals surface area contributed by atoms with Crippen molar-refractivity contribution in [1.82, 2.24) is 9.97 Å². The predicted octanol–water partition coefficient (Wildman–Crippen LogP) is 2.60. The van der Waals surface area contributed by atoms with Crippen molar-refractivity contribution in [3.05, 3.63) is 33.7 Å². The molecule has 1 rings (SSSR count). The molecule has 0 aliphatic carbocycles. The summed E-state index contributed by atoms with van der Waals surface area (Å²) in [6, 6.07) is 0. The molecule has 0 bridgehead atoms. The first-order chi connectivity index (χ1) is 6.77. The number of hydrogen-bond acceptors (Lipinski definition) is 2. The summed E-state index contributed by atoms with van der Waals surface area (Å²) >= 11 is 0. The molecule has 0 fully saturated rings. The minimum absolute atomic E-state index is 0.365. The summed E-state index contributed by atoms with van der Waals surface area (Å²) in [5.41, 5.74) is 10.0. The van der Waals surface area contributed by atoms with Crippen molar-refractivity contribution < 1.29 is 0 Å². The normalized spacial score (nSPS) is 10.4. The quantitative estimate of drug-likeness (QED) is 0.443. The Morgan fingerprint density at radius 3 is 3.00 bits per heavy atom. The first-order valence-corrected chi connectivity index (χ1v) is 4.50. The third-order valence-electron chi connectivity index (χ3n) is 1.83. The molecule has 1 aromatic heterocycles. The Kier molecular flexibility index (Phi) is 3.76. The van der Waals surface area contributed by atoms with Crippen LogP contribution in [0.1, 0.15) is 24.1 Å². The Labute approximate surface area is 82.5 Å². The van der Waals surface area contributed by atoms with Crippen molar-refractivity contribution in [1.29, 1.82) is 0 Å². The van der Waals surface area contributed by atoms with E-state index in [-0.39, 0.29) is 0 Å². The SMILES string of the molecule is CCc1nc(C=CCN=[N+]=[N-])c(C)[nH]1. The fraction of sp³-hybridized carbons (Fsp3) is 0.444. The van der Waals surface area contributed by atoms with Crippen LogP contribution in [0.2, 0.25) is 0 Å². The van der Waals surface area contributed by atoms with E-state index in [2.05, 4.69) is 20.0 Å². The molecule has 5 heteroatoms. The minimum Gasteiger partial charge on any atom is -0.346 e. The molecular weight excluding hydrogens is 178 g/mol. The molecule has 0 aliphatic heterocycles. The molecule has 0 radical (unpaired) electrons. The number of aryl methyl sites for hydroxylation is 2. The number of aromatic nitrogens is 2. The van der Waals surface area contributed by atoms with E-state index in [1.54, 1.807) is 6.08 Å². The summed E-state index contributed by atoms with van der Waals surface area (Å²) in [6.45, 7) is 4.38. The van der Waals surface area contributed by atoms with Crippen LogP contribution in [-0.4, -0.2) is 16.5 Å². The first-order valence-electron chi connectivity index (χ1n) is 4.50. The van der Waals surface area contributed by atoms with E-state index in [0.29, 0.717) is 6.54 Å². The molecule has 1 heterocycles. The lowest BCUT2D eigenvalue weighted by molar-refractivity contribution is 0.981. The second-order valence-corrected chi connectivity index (χ2v) is 2.86. The number of aromatic amines is 1. The van der Waals surface area contributed by atoms with Crippen LogP contribution in [0.25, 0.3) is 16.5 Å². The third kappa shape index (κ3) is 2.64. The number of nitrogens with zero attached hydrogens (tertiary/aromatic N) is 4. The number of rotatable bonds is 4. The highest BCUT2D eigenvalue weighted by atomic mass is 15.1. The van der Waals surface area contributed by atoms with E-state index in [4.69, 9.17) is 5.53 Å². The molecular formula is C9H13N5. The van der Waals surface area contributed by atoms with Crippen LogP contribution in [0.5, 0.6) is 0 Å². The number of hydrogen-bond donors (Lipinski definition) is 1. The van der Waals surface area contributed by atoms with Crippen molar-refractivity contribution in [2.24, 2.45) is 5.11 Å². The molecule has 0 atom stereocenters. The topological polar surface area (TPSA) is 77.4 Å². The van der Waals surface area contributed by atoms with Crippen molar-refractivity contribution in [3.63, 3.8) is 0 Å². The van der Waals surface area contributed by atoms with Crippen LogP contribution in [-0.2, 0) is 6.42 Å². The fourth-order valence-corrected chi connectivity index (χ4v) is 1.12. The summed E-state index contributed by atoms with van der Waals surface area (Å²) in [5.74, 6) is 0.978. The maximum atomic E-state index is 8.06. The van der Waals surface area contributed by atoms with Crippen LogP contribution in [0.4, 0.5) is 0 Å². The van der Waals surface area contributed by atoms with Gasteiger partial charge in [0.1, 0.15) is 5.82 Å². The van der Waals surface area contributed by atoms with Gasteiger partial charge in [-0.3, -0.25) is 0 Å². The largest absolute Gasteiger partial charge is 0.346 e. The lowest BCUT2D eigenvalue weighted by atomic mass is 10.3. The van der Waals surface area contributed by atoms with Gasteiger partial charge in [0.2, 0.25) is 0 Å². The molecule has 0 aromatic carbocycles. The summed E-state index contributed by atoms with van der Waals surface area (Å²) in [7, 11) is 0. The summed E-state index contributed by atoms with van der Waals surface area (Å²) in [5, 5.41) is 3.40. The van der Waals surface area contributed by atoms with Crippen molar-refractivity contribution in [2.45, 2.75) is 20.3 Å². The van der Waals surface area contributed by atoms with Gasteiger partial charge in [-0.05, 0) is 18.5 Å². The molecule has 74 valence electrons. The molecule has 14 heavy (non-hydrogen) atoms. The average molecular weight is 191 g/mol. The van der Waals surface area contributed by atoms with Crippen LogP contribution in [0.15, 0.2) is 11.2 Å². The van der Waals surface area contributed by atoms with Crippen LogP contribution in [0, 0.1) is 6.92 Å². The third-order valence-corrected chi connectivity index (χ3v) is 1.83. The lowest BCUT2D eigenvalue weighted by Gasteiger charge is -1.85. The van der Waals surface area contributed by atoms with Gasteiger partial charge in [-0.15, -0.1) is 0 Å². The summed E-state index contributed by atoms with van der Waals surface area (Å²) < 4.78 is 0. The Bertz CT molecular complexity index is 371. The molecule has 0 aliphatic rings. The molecule has 0 spiro atoms. The molecule has 0 saturated carbocycles. The van der Waals surface area contributed by atoms with Crippen molar-refractivity contribution in [2.75, 3.05) is 6.54 Å². The van der Waals surface area contributed by atoms with Gasteiger partial charge in [-0.2, -0.15) is 0 Å². The fourth-order valence-electron chi connectivity index (χ4n) is 1.12. The zero-order chi connectivity index (χ0) is 10.4. The van der Waals surface area contributed by atoms with E-state index in [1.165, 1.54) is 0 Å². The molecule has 1 aromatic rings. The van der Waals surface area contributed by atoms with E-state index in [9.17, 15) is 0 Å². The van der Waals surface area contributed by atoms with Crippen LogP contribution < -0.4 is 0 Å². The van der Waals surface area contributed by atoms with E-state index >= 15 is 0 Å². The molecule has 0 amide bonds. The highest BCUT2D eigenvalue weighted by molar-refractivity contribution is 5.47. The maximum absolute atomic E-state index is 8.06. The maximum Gasteiger partial charge on any atom is 0.106 e. The van der Waals surface area contributed by atoms with Gasteiger partial charge >= 0.3 is 0 Å². The van der Waals surface area contributed by atoms with Crippen molar-refractivity contribution >= 4 is 6.08 Å². The monoisotopic (exact) mass is 191 g/mol. The smallest absolute Gasteiger partial charge is 0.106 e. The second-order valence-electron chi connectivity index (χ2n) is 2.86. The number of nitrogens with one attached hydrogen (secondary N) is 1. The Balaban J connectivity index is 2.70. The summed E-state index contributed by atoms with van der Waals surface area (Å²) in [4.78, 5) is 10.2. The average Bonchev–Trinajstić information content (AvgIpc) is 2.54. The highest BCUT2D eigenvalue weighted by Gasteiger charge is 2.00. The van der Waals surface area contributed by atoms with Crippen LogP contribution >= 0.6 is 0 Å². The van der Waals surface area contributed by atoms with Gasteiger partial charge in [0.25, 0.3) is 0 Å². The van der Waals surface area contributed by atoms with E-state index < -0.39 is 0 Å². The summed E-state index contributed by atoms with van der Waals surface area (Å²) in [6.07, 6.45) is 4.55. The zero-order valence-electron chi connectivity index (χ0n) is 8.36. The number of H-pyrrole nitrogens is 1.